The summed E-state index contributed by atoms with van der Waals surface area (Å²) in [5.74, 6) is 0.965. The molecule has 168 valence electrons. The number of hydrogen-bond acceptors (Lipinski definition) is 6. The molecule has 0 radical (unpaired) electrons. The summed E-state index contributed by atoms with van der Waals surface area (Å²) in [6.07, 6.45) is 4.89. The Hall–Kier alpha value is -2.71. The molecule has 1 N–H and O–H groups in total. The number of aromatic nitrogens is 3. The van der Waals surface area contributed by atoms with Crippen molar-refractivity contribution in [2.24, 2.45) is 0 Å². The Balaban J connectivity index is 1.13. The predicted molar refractivity (Wildman–Crippen MR) is 124 cm³/mol. The molecule has 7 nitrogen and oxygen atoms in total. The topological polar surface area (TPSA) is 74.3 Å². The van der Waals surface area contributed by atoms with Crippen molar-refractivity contribution in [1.29, 1.82) is 0 Å². The van der Waals surface area contributed by atoms with E-state index in [1.165, 1.54) is 5.56 Å². The minimum absolute atomic E-state index is 0.0630. The molecule has 1 aliphatic carbocycles. The molecule has 0 unspecified atom stereocenters. The summed E-state index contributed by atoms with van der Waals surface area (Å²) >= 11 is 1.63. The van der Waals surface area contributed by atoms with Gasteiger partial charge in [-0.1, -0.05) is 12.1 Å². The number of nitrogens with zero attached hydrogens (tertiary/aromatic N) is 4. The van der Waals surface area contributed by atoms with E-state index in [1.807, 2.05) is 16.5 Å². The normalized spacial score (nSPS) is 16.5. The van der Waals surface area contributed by atoms with Crippen LogP contribution in [0.2, 0.25) is 0 Å². The third-order valence-electron chi connectivity index (χ3n) is 6.31. The molecule has 5 rings (SSSR count). The maximum atomic E-state index is 12.9. The van der Waals surface area contributed by atoms with Crippen LogP contribution in [0.1, 0.15) is 52.3 Å². The van der Waals surface area contributed by atoms with Crippen molar-refractivity contribution in [3.05, 3.63) is 63.4 Å². The third-order valence-corrected chi connectivity index (χ3v) is 6.94. The van der Waals surface area contributed by atoms with Gasteiger partial charge in [0.05, 0.1) is 11.2 Å². The fourth-order valence-corrected chi connectivity index (χ4v) is 5.24. The number of aryl methyl sites for hydroxylation is 1. The van der Waals surface area contributed by atoms with Crippen LogP contribution in [0.25, 0.3) is 0 Å². The number of fused-ring (bicyclic) bond motifs is 1. The van der Waals surface area contributed by atoms with Gasteiger partial charge in [-0.3, -0.25) is 14.8 Å². The molecule has 2 aliphatic rings. The number of benzene rings is 1. The summed E-state index contributed by atoms with van der Waals surface area (Å²) in [7, 11) is 2.11. The van der Waals surface area contributed by atoms with Crippen molar-refractivity contribution in [3.8, 4) is 5.75 Å². The van der Waals surface area contributed by atoms with E-state index in [2.05, 4.69) is 50.7 Å². The van der Waals surface area contributed by atoms with E-state index in [0.29, 0.717) is 18.8 Å². The predicted octanol–water partition coefficient (Wildman–Crippen LogP) is 3.67. The van der Waals surface area contributed by atoms with E-state index < -0.39 is 0 Å². The molecule has 8 heteroatoms. The highest BCUT2D eigenvalue weighted by molar-refractivity contribution is 7.07. The number of likely N-dealkylation sites (tertiary alicyclic amines) is 1. The lowest BCUT2D eigenvalue weighted by Crippen LogP contribution is -2.42. The Bertz CT molecular complexity index is 1060. The minimum atomic E-state index is 0.0630. The monoisotopic (exact) mass is 451 g/mol. The molecule has 3 aromatic rings. The smallest absolute Gasteiger partial charge is 0.274 e. The van der Waals surface area contributed by atoms with Gasteiger partial charge in [-0.25, -0.2) is 4.98 Å². The van der Waals surface area contributed by atoms with Gasteiger partial charge in [0.2, 0.25) is 0 Å². The number of carbonyl (C=O) groups excluding carboxylic acids is 1. The molecule has 0 saturated carbocycles. The van der Waals surface area contributed by atoms with Crippen LogP contribution in [0.3, 0.4) is 0 Å². The molecule has 1 amide bonds. The van der Waals surface area contributed by atoms with Crippen molar-refractivity contribution in [2.45, 2.75) is 51.3 Å². The zero-order valence-electron chi connectivity index (χ0n) is 18.4. The van der Waals surface area contributed by atoms with E-state index in [4.69, 9.17) is 4.74 Å². The number of hydrogen-bond donors (Lipinski definition) is 1. The van der Waals surface area contributed by atoms with Gasteiger partial charge >= 0.3 is 0 Å². The van der Waals surface area contributed by atoms with E-state index in [1.54, 1.807) is 11.3 Å². The molecule has 0 bridgehead atoms. The first kappa shape index (κ1) is 21.2. The van der Waals surface area contributed by atoms with Crippen LogP contribution in [-0.2, 0) is 25.9 Å². The van der Waals surface area contributed by atoms with Gasteiger partial charge in [0.25, 0.3) is 5.91 Å². The van der Waals surface area contributed by atoms with Gasteiger partial charge in [0, 0.05) is 55.7 Å². The van der Waals surface area contributed by atoms with Gasteiger partial charge in [0.15, 0.2) is 5.69 Å². The first-order chi connectivity index (χ1) is 15.7. The minimum Gasteiger partial charge on any atom is -0.490 e. The van der Waals surface area contributed by atoms with Crippen molar-refractivity contribution in [1.82, 2.24) is 25.0 Å². The number of piperidine rings is 1. The number of rotatable bonds is 7. The Labute approximate surface area is 192 Å². The van der Waals surface area contributed by atoms with Gasteiger partial charge in [-0.15, -0.1) is 11.3 Å². The number of aromatic amines is 1. The molecular weight excluding hydrogens is 422 g/mol. The van der Waals surface area contributed by atoms with Crippen LogP contribution in [0.15, 0.2) is 35.2 Å². The summed E-state index contributed by atoms with van der Waals surface area (Å²) in [4.78, 5) is 21.5. The van der Waals surface area contributed by atoms with Gasteiger partial charge in [-0.05, 0) is 44.0 Å². The maximum absolute atomic E-state index is 12.9. The number of carbonyl (C=O) groups is 1. The molecule has 1 fully saturated rings. The largest absolute Gasteiger partial charge is 0.490 e. The molecule has 32 heavy (non-hydrogen) atoms. The fourth-order valence-electron chi connectivity index (χ4n) is 4.69. The number of ether oxygens (including phenoxy) is 1. The maximum Gasteiger partial charge on any atom is 0.274 e. The van der Waals surface area contributed by atoms with Crippen molar-refractivity contribution in [3.63, 3.8) is 0 Å². The van der Waals surface area contributed by atoms with Crippen LogP contribution in [0.4, 0.5) is 0 Å². The summed E-state index contributed by atoms with van der Waals surface area (Å²) < 4.78 is 6.29. The second kappa shape index (κ2) is 9.42. The van der Waals surface area contributed by atoms with E-state index in [9.17, 15) is 4.79 Å². The highest BCUT2D eigenvalue weighted by Gasteiger charge is 2.29. The zero-order valence-corrected chi connectivity index (χ0v) is 19.2. The Morgan fingerprint density at radius 1 is 1.28 bits per heavy atom. The standard InChI is InChI=1S/C24H29N5O2S/c1-28(14-18-15-32-16-25-18)13-17-4-2-5-20(12-17)31-19-8-10-29(11-9-19)24(30)23-21-6-3-7-22(21)26-27-23/h2,4-5,12,15-16,19H,3,6-11,13-14H2,1H3,(H,26,27). The van der Waals surface area contributed by atoms with Crippen molar-refractivity contribution in [2.75, 3.05) is 20.1 Å². The van der Waals surface area contributed by atoms with Crippen molar-refractivity contribution >= 4 is 17.2 Å². The summed E-state index contributed by atoms with van der Waals surface area (Å²) in [5.41, 5.74) is 7.10. The lowest BCUT2D eigenvalue weighted by molar-refractivity contribution is 0.0589. The van der Waals surface area contributed by atoms with Crippen LogP contribution >= 0.6 is 11.3 Å². The number of thiazole rings is 1. The second-order valence-corrected chi connectivity index (χ2v) is 9.51. The second-order valence-electron chi connectivity index (χ2n) is 8.79. The van der Waals surface area contributed by atoms with E-state index in [-0.39, 0.29) is 12.0 Å². The molecule has 2 aromatic heterocycles. The van der Waals surface area contributed by atoms with Gasteiger partial charge < -0.3 is 9.64 Å². The first-order valence-corrected chi connectivity index (χ1v) is 12.3. The van der Waals surface area contributed by atoms with Crippen LogP contribution in [0, 0.1) is 0 Å². The zero-order chi connectivity index (χ0) is 21.9. The van der Waals surface area contributed by atoms with E-state index in [0.717, 1.165) is 67.9 Å². The molecule has 0 atom stereocenters. The highest BCUT2D eigenvalue weighted by Crippen LogP contribution is 2.26. The summed E-state index contributed by atoms with van der Waals surface area (Å²) in [6.45, 7) is 3.10. The van der Waals surface area contributed by atoms with E-state index >= 15 is 0 Å². The quantitative estimate of drug-likeness (QED) is 0.593. The third kappa shape index (κ3) is 4.71. The van der Waals surface area contributed by atoms with Gasteiger partial charge in [-0.2, -0.15) is 5.10 Å². The SMILES string of the molecule is CN(Cc1cccc(OC2CCN(C(=O)c3n[nH]c4c3CCC4)CC2)c1)Cc1cscn1. The number of amides is 1. The van der Waals surface area contributed by atoms with Crippen LogP contribution in [-0.4, -0.2) is 57.1 Å². The van der Waals surface area contributed by atoms with Crippen LogP contribution in [0.5, 0.6) is 5.75 Å². The van der Waals surface area contributed by atoms with Crippen LogP contribution < -0.4 is 4.74 Å². The summed E-state index contributed by atoms with van der Waals surface area (Å²) in [5, 5.41) is 9.44. The molecule has 0 spiro atoms. The molecule has 1 aromatic carbocycles. The molecule has 1 saturated heterocycles. The Morgan fingerprint density at radius 3 is 2.97 bits per heavy atom. The highest BCUT2D eigenvalue weighted by atomic mass is 32.1. The Morgan fingerprint density at radius 2 is 2.16 bits per heavy atom. The molecule has 1 aliphatic heterocycles. The first-order valence-electron chi connectivity index (χ1n) is 11.3. The molecule has 3 heterocycles. The average molecular weight is 452 g/mol. The summed E-state index contributed by atoms with van der Waals surface area (Å²) in [6, 6.07) is 8.34. The number of H-pyrrole nitrogens is 1. The van der Waals surface area contributed by atoms with Gasteiger partial charge in [0.1, 0.15) is 11.9 Å². The fraction of sp³-hybridized carbons (Fsp3) is 0.458. The molecular formula is C24H29N5O2S. The van der Waals surface area contributed by atoms with Crippen molar-refractivity contribution < 1.29 is 9.53 Å². The lowest BCUT2D eigenvalue weighted by Gasteiger charge is -2.32. The lowest BCUT2D eigenvalue weighted by atomic mass is 10.1. The number of nitrogens with one attached hydrogen (secondary N) is 1. The average Bonchev–Trinajstić information content (AvgIpc) is 3.53. The Kier molecular flexibility index (Phi) is 6.23.